The van der Waals surface area contributed by atoms with Crippen LogP contribution in [0.15, 0.2) is 29.6 Å². The number of likely N-dealkylation sites (tertiary alicyclic amines) is 1. The van der Waals surface area contributed by atoms with Gasteiger partial charge in [-0.3, -0.25) is 14.9 Å². The van der Waals surface area contributed by atoms with Gasteiger partial charge in [-0.2, -0.15) is 0 Å². The Hall–Kier alpha value is -2.28. The van der Waals surface area contributed by atoms with E-state index in [0.717, 1.165) is 25.9 Å². The summed E-state index contributed by atoms with van der Waals surface area (Å²) in [5.41, 5.74) is 0.599. The molecule has 2 heterocycles. The fraction of sp³-hybridized carbons (Fsp3) is 0.421. The second kappa shape index (κ2) is 8.40. The van der Waals surface area contributed by atoms with Crippen LogP contribution in [0.2, 0.25) is 0 Å². The number of rotatable bonds is 5. The maximum Gasteiger partial charge on any atom is 0.260 e. The van der Waals surface area contributed by atoms with Crippen molar-refractivity contribution in [2.75, 3.05) is 18.4 Å². The number of anilines is 1. The molecule has 26 heavy (non-hydrogen) atoms. The van der Waals surface area contributed by atoms with Gasteiger partial charge >= 0.3 is 0 Å². The van der Waals surface area contributed by atoms with E-state index in [1.165, 1.54) is 36.0 Å². The molecule has 1 aromatic carbocycles. The smallest absolute Gasteiger partial charge is 0.260 e. The molecule has 7 heteroatoms. The standard InChI is InChI=1S/C19H22FN3O2S/c1-2-13-6-5-9-23(11-13)17(24)10-14-12-26-19(21-14)22-18(25)15-7-3-4-8-16(15)20/h3-4,7-8,12-13H,2,5-6,9-11H2,1H3,(H,21,22,25). The van der Waals surface area contributed by atoms with Crippen molar-refractivity contribution in [3.8, 4) is 0 Å². The molecule has 1 atom stereocenters. The van der Waals surface area contributed by atoms with Gasteiger partial charge in [0, 0.05) is 18.5 Å². The molecule has 0 bridgehead atoms. The summed E-state index contributed by atoms with van der Waals surface area (Å²) in [6, 6.07) is 5.79. The lowest BCUT2D eigenvalue weighted by molar-refractivity contribution is -0.132. The van der Waals surface area contributed by atoms with E-state index in [2.05, 4.69) is 17.2 Å². The van der Waals surface area contributed by atoms with E-state index in [-0.39, 0.29) is 17.9 Å². The van der Waals surface area contributed by atoms with Crippen molar-refractivity contribution in [2.45, 2.75) is 32.6 Å². The van der Waals surface area contributed by atoms with Crippen molar-refractivity contribution in [3.63, 3.8) is 0 Å². The van der Waals surface area contributed by atoms with Crippen molar-refractivity contribution in [2.24, 2.45) is 5.92 Å². The molecule has 5 nitrogen and oxygen atoms in total. The number of benzene rings is 1. The van der Waals surface area contributed by atoms with Gasteiger partial charge in [0.25, 0.3) is 5.91 Å². The molecule has 2 amide bonds. The Morgan fingerprint density at radius 2 is 2.19 bits per heavy atom. The van der Waals surface area contributed by atoms with Crippen LogP contribution >= 0.6 is 11.3 Å². The minimum Gasteiger partial charge on any atom is -0.342 e. The Labute approximate surface area is 156 Å². The topological polar surface area (TPSA) is 62.3 Å². The zero-order valence-corrected chi connectivity index (χ0v) is 15.5. The van der Waals surface area contributed by atoms with Gasteiger partial charge in [0.05, 0.1) is 17.7 Å². The molecular weight excluding hydrogens is 353 g/mol. The molecule has 0 aliphatic carbocycles. The Kier molecular flexibility index (Phi) is 5.98. The highest BCUT2D eigenvalue weighted by molar-refractivity contribution is 7.14. The molecule has 0 spiro atoms. The quantitative estimate of drug-likeness (QED) is 0.866. The lowest BCUT2D eigenvalue weighted by Crippen LogP contribution is -2.40. The van der Waals surface area contributed by atoms with E-state index >= 15 is 0 Å². The third kappa shape index (κ3) is 4.46. The number of nitrogens with one attached hydrogen (secondary N) is 1. The van der Waals surface area contributed by atoms with Crippen LogP contribution in [0, 0.1) is 11.7 Å². The number of piperidine rings is 1. The number of carbonyl (C=O) groups is 2. The average Bonchev–Trinajstić information content (AvgIpc) is 3.08. The van der Waals surface area contributed by atoms with Gasteiger partial charge in [0.2, 0.25) is 5.91 Å². The minimum absolute atomic E-state index is 0.0285. The third-order valence-electron chi connectivity index (χ3n) is 4.67. The largest absolute Gasteiger partial charge is 0.342 e. The van der Waals surface area contributed by atoms with Gasteiger partial charge in [0.15, 0.2) is 5.13 Å². The van der Waals surface area contributed by atoms with E-state index in [0.29, 0.717) is 16.7 Å². The van der Waals surface area contributed by atoms with Crippen LogP contribution in [0.1, 0.15) is 42.2 Å². The first-order valence-corrected chi connectivity index (χ1v) is 9.72. The normalized spacial score (nSPS) is 17.2. The first kappa shape index (κ1) is 18.5. The summed E-state index contributed by atoms with van der Waals surface area (Å²) in [5, 5.41) is 4.72. The number of aromatic nitrogens is 1. The van der Waals surface area contributed by atoms with Crippen molar-refractivity contribution in [1.82, 2.24) is 9.88 Å². The highest BCUT2D eigenvalue weighted by atomic mass is 32.1. The Morgan fingerprint density at radius 1 is 1.38 bits per heavy atom. The van der Waals surface area contributed by atoms with Crippen LogP contribution in [0.25, 0.3) is 0 Å². The van der Waals surface area contributed by atoms with Crippen molar-refractivity contribution in [1.29, 1.82) is 0 Å². The summed E-state index contributed by atoms with van der Waals surface area (Å²) in [7, 11) is 0. The SMILES string of the molecule is CCC1CCCN(C(=O)Cc2csc(NC(=O)c3ccccc3F)n2)C1. The minimum atomic E-state index is -0.576. The van der Waals surface area contributed by atoms with Crippen molar-refractivity contribution in [3.05, 3.63) is 46.7 Å². The van der Waals surface area contributed by atoms with Gasteiger partial charge in [-0.1, -0.05) is 25.5 Å². The summed E-state index contributed by atoms with van der Waals surface area (Å²) in [6.07, 6.45) is 3.55. The summed E-state index contributed by atoms with van der Waals surface area (Å²) in [4.78, 5) is 30.8. The molecule has 1 aliphatic rings. The van der Waals surface area contributed by atoms with E-state index in [4.69, 9.17) is 0 Å². The molecule has 0 radical (unpaired) electrons. The average molecular weight is 375 g/mol. The van der Waals surface area contributed by atoms with Gasteiger partial charge in [0.1, 0.15) is 5.82 Å². The predicted molar refractivity (Wildman–Crippen MR) is 99.8 cm³/mol. The second-order valence-corrected chi connectivity index (χ2v) is 7.37. The number of hydrogen-bond donors (Lipinski definition) is 1. The van der Waals surface area contributed by atoms with Gasteiger partial charge < -0.3 is 4.90 Å². The van der Waals surface area contributed by atoms with E-state index in [1.807, 2.05) is 4.90 Å². The van der Waals surface area contributed by atoms with Gasteiger partial charge in [-0.15, -0.1) is 11.3 Å². The van der Waals surface area contributed by atoms with Gasteiger partial charge in [-0.25, -0.2) is 9.37 Å². The monoisotopic (exact) mass is 375 g/mol. The number of halogens is 1. The highest BCUT2D eigenvalue weighted by Crippen LogP contribution is 2.21. The molecule has 1 N–H and O–H groups in total. The Bertz CT molecular complexity index is 793. The number of carbonyl (C=O) groups excluding carboxylic acids is 2. The van der Waals surface area contributed by atoms with Crippen LogP contribution < -0.4 is 5.32 Å². The number of nitrogens with zero attached hydrogens (tertiary/aromatic N) is 2. The number of hydrogen-bond acceptors (Lipinski definition) is 4. The number of amides is 2. The van der Waals surface area contributed by atoms with Crippen LogP contribution in [-0.4, -0.2) is 34.8 Å². The summed E-state index contributed by atoms with van der Waals surface area (Å²) in [5.74, 6) is -0.469. The van der Waals surface area contributed by atoms with Crippen LogP contribution in [-0.2, 0) is 11.2 Å². The maximum absolute atomic E-state index is 13.7. The molecule has 1 saturated heterocycles. The second-order valence-electron chi connectivity index (χ2n) is 6.51. The van der Waals surface area contributed by atoms with Crippen molar-refractivity contribution < 1.29 is 14.0 Å². The highest BCUT2D eigenvalue weighted by Gasteiger charge is 2.23. The van der Waals surface area contributed by atoms with Crippen LogP contribution in [0.4, 0.5) is 9.52 Å². The van der Waals surface area contributed by atoms with Crippen LogP contribution in [0.3, 0.4) is 0 Å². The molecule has 138 valence electrons. The van der Waals surface area contributed by atoms with Crippen molar-refractivity contribution >= 4 is 28.3 Å². The molecule has 1 aliphatic heterocycles. The van der Waals surface area contributed by atoms with E-state index in [1.54, 1.807) is 11.4 Å². The third-order valence-corrected chi connectivity index (χ3v) is 5.48. The van der Waals surface area contributed by atoms with E-state index < -0.39 is 11.7 Å². The molecule has 3 rings (SSSR count). The molecule has 1 aromatic heterocycles. The molecule has 2 aromatic rings. The summed E-state index contributed by atoms with van der Waals surface area (Å²) >= 11 is 1.24. The number of thiazole rings is 1. The summed E-state index contributed by atoms with van der Waals surface area (Å²) in [6.45, 7) is 3.77. The first-order chi connectivity index (χ1) is 12.6. The fourth-order valence-corrected chi connectivity index (χ4v) is 3.85. The van der Waals surface area contributed by atoms with Crippen LogP contribution in [0.5, 0.6) is 0 Å². The Balaban J connectivity index is 1.58. The first-order valence-electron chi connectivity index (χ1n) is 8.85. The molecule has 1 fully saturated rings. The Morgan fingerprint density at radius 3 is 2.96 bits per heavy atom. The molecular formula is C19H22FN3O2S. The lowest BCUT2D eigenvalue weighted by atomic mass is 9.95. The lowest BCUT2D eigenvalue weighted by Gasteiger charge is -2.32. The molecule has 1 unspecified atom stereocenters. The summed E-state index contributed by atoms with van der Waals surface area (Å²) < 4.78 is 13.7. The zero-order valence-electron chi connectivity index (χ0n) is 14.7. The zero-order chi connectivity index (χ0) is 18.5. The molecule has 0 saturated carbocycles. The predicted octanol–water partition coefficient (Wildman–Crippen LogP) is 3.73. The fourth-order valence-electron chi connectivity index (χ4n) is 3.15. The van der Waals surface area contributed by atoms with E-state index in [9.17, 15) is 14.0 Å². The van der Waals surface area contributed by atoms with Gasteiger partial charge in [-0.05, 0) is 30.9 Å². The maximum atomic E-state index is 13.7.